The Kier molecular flexibility index (Phi) is 7.95. The Bertz CT molecular complexity index is 545. The number of rotatable bonds is 7. The van der Waals surface area contributed by atoms with Gasteiger partial charge in [0.1, 0.15) is 0 Å². The minimum atomic E-state index is 0.0536. The summed E-state index contributed by atoms with van der Waals surface area (Å²) in [7, 11) is 0. The Morgan fingerprint density at radius 3 is 2.27 bits per heavy atom. The highest BCUT2D eigenvalue weighted by Crippen LogP contribution is 2.21. The van der Waals surface area contributed by atoms with Crippen LogP contribution in [-0.2, 0) is 6.42 Å². The molecule has 1 saturated heterocycles. The van der Waals surface area contributed by atoms with E-state index in [9.17, 15) is 4.79 Å². The maximum Gasteiger partial charge on any atom is 0.322 e. The second kappa shape index (κ2) is 9.96. The van der Waals surface area contributed by atoms with Crippen LogP contribution >= 0.6 is 0 Å². The molecule has 0 saturated carbocycles. The molecule has 4 nitrogen and oxygen atoms in total. The number of nitrogens with zero attached hydrogens (tertiary/aromatic N) is 2. The maximum absolute atomic E-state index is 13.0. The fourth-order valence-corrected chi connectivity index (χ4v) is 3.58. The predicted octanol–water partition coefficient (Wildman–Crippen LogP) is 5.00. The minimum absolute atomic E-state index is 0.0536. The Hall–Kier alpha value is -1.55. The summed E-state index contributed by atoms with van der Waals surface area (Å²) >= 11 is 0. The van der Waals surface area contributed by atoms with Gasteiger partial charge in [0.15, 0.2) is 0 Å². The molecule has 1 aromatic rings. The normalized spacial score (nSPS) is 16.3. The summed E-state index contributed by atoms with van der Waals surface area (Å²) in [4.78, 5) is 17.6. The first-order valence-electron chi connectivity index (χ1n) is 10.3. The minimum Gasteiger partial charge on any atom is -0.321 e. The van der Waals surface area contributed by atoms with Crippen LogP contribution in [0.1, 0.15) is 59.4 Å². The van der Waals surface area contributed by atoms with E-state index in [1.54, 1.807) is 0 Å². The maximum atomic E-state index is 13.0. The van der Waals surface area contributed by atoms with Crippen molar-refractivity contribution in [2.24, 2.45) is 5.92 Å². The number of anilines is 1. The second-order valence-corrected chi connectivity index (χ2v) is 8.22. The number of hydrogen-bond acceptors (Lipinski definition) is 2. The highest BCUT2D eigenvalue weighted by atomic mass is 16.2. The van der Waals surface area contributed by atoms with E-state index in [2.05, 4.69) is 61.9 Å². The number of urea groups is 1. The van der Waals surface area contributed by atoms with Crippen molar-refractivity contribution in [3.63, 3.8) is 0 Å². The van der Waals surface area contributed by atoms with Gasteiger partial charge in [0.25, 0.3) is 0 Å². The lowest BCUT2D eigenvalue weighted by molar-refractivity contribution is 0.108. The molecule has 0 radical (unpaired) electrons. The van der Waals surface area contributed by atoms with Gasteiger partial charge in [0.05, 0.1) is 0 Å². The zero-order valence-corrected chi connectivity index (χ0v) is 17.3. The van der Waals surface area contributed by atoms with Crippen molar-refractivity contribution in [2.45, 2.75) is 72.4 Å². The van der Waals surface area contributed by atoms with Crippen molar-refractivity contribution < 1.29 is 4.79 Å². The van der Waals surface area contributed by atoms with E-state index >= 15 is 0 Å². The van der Waals surface area contributed by atoms with Gasteiger partial charge < -0.3 is 15.1 Å². The van der Waals surface area contributed by atoms with Gasteiger partial charge in [-0.3, -0.25) is 0 Å². The zero-order chi connectivity index (χ0) is 19.1. The fraction of sp³-hybridized carbons (Fsp3) is 0.682. The standard InChI is InChI=1S/C22H37N3O/c1-6-19-7-9-20(10-8-19)23-22(26)25(16-11-17(2)3)21-12-14-24(15-13-21)18(4)5/h7-10,17-18,21H,6,11-16H2,1-5H3,(H,23,26). The third kappa shape index (κ3) is 6.01. The number of benzene rings is 1. The van der Waals surface area contributed by atoms with Crippen LogP contribution in [0.25, 0.3) is 0 Å². The van der Waals surface area contributed by atoms with Crippen LogP contribution < -0.4 is 5.32 Å². The lowest BCUT2D eigenvalue weighted by Crippen LogP contribution is -2.50. The molecule has 2 rings (SSSR count). The largest absolute Gasteiger partial charge is 0.322 e. The van der Waals surface area contributed by atoms with E-state index in [0.717, 1.165) is 51.0 Å². The van der Waals surface area contributed by atoms with Crippen LogP contribution in [0.15, 0.2) is 24.3 Å². The van der Waals surface area contributed by atoms with Crippen molar-refractivity contribution in [3.05, 3.63) is 29.8 Å². The van der Waals surface area contributed by atoms with Gasteiger partial charge in [-0.15, -0.1) is 0 Å². The molecule has 0 spiro atoms. The molecule has 1 aromatic carbocycles. The molecule has 2 amide bonds. The van der Waals surface area contributed by atoms with E-state index in [1.807, 2.05) is 12.1 Å². The van der Waals surface area contributed by atoms with Gasteiger partial charge in [0, 0.05) is 37.4 Å². The van der Waals surface area contributed by atoms with Crippen molar-refractivity contribution in [1.82, 2.24) is 9.80 Å². The number of piperidine rings is 1. The fourth-order valence-electron chi connectivity index (χ4n) is 3.58. The molecule has 0 aromatic heterocycles. The number of nitrogens with one attached hydrogen (secondary N) is 1. The Labute approximate surface area is 159 Å². The first kappa shape index (κ1) is 20.8. The number of aryl methyl sites for hydroxylation is 1. The number of carbonyl (C=O) groups excluding carboxylic acids is 1. The average molecular weight is 360 g/mol. The highest BCUT2D eigenvalue weighted by molar-refractivity contribution is 5.89. The van der Waals surface area contributed by atoms with Gasteiger partial charge in [-0.2, -0.15) is 0 Å². The Morgan fingerprint density at radius 1 is 1.15 bits per heavy atom. The number of carbonyl (C=O) groups is 1. The molecule has 0 atom stereocenters. The molecule has 26 heavy (non-hydrogen) atoms. The van der Waals surface area contributed by atoms with Gasteiger partial charge in [-0.05, 0) is 63.1 Å². The topological polar surface area (TPSA) is 35.6 Å². The van der Waals surface area contributed by atoms with E-state index in [1.165, 1.54) is 5.56 Å². The molecule has 1 aliphatic heterocycles. The summed E-state index contributed by atoms with van der Waals surface area (Å²) in [6.07, 6.45) is 4.20. The summed E-state index contributed by atoms with van der Waals surface area (Å²) < 4.78 is 0. The van der Waals surface area contributed by atoms with Crippen LogP contribution in [-0.4, -0.2) is 47.5 Å². The predicted molar refractivity (Wildman–Crippen MR) is 111 cm³/mol. The van der Waals surface area contributed by atoms with Gasteiger partial charge in [0.2, 0.25) is 0 Å². The van der Waals surface area contributed by atoms with E-state index < -0.39 is 0 Å². The van der Waals surface area contributed by atoms with Crippen LogP contribution in [0, 0.1) is 5.92 Å². The molecule has 146 valence electrons. The summed E-state index contributed by atoms with van der Waals surface area (Å²) in [5, 5.41) is 3.12. The second-order valence-electron chi connectivity index (χ2n) is 8.22. The molecule has 4 heteroatoms. The molecule has 1 fully saturated rings. The SMILES string of the molecule is CCc1ccc(NC(=O)N(CCC(C)C)C2CCN(C(C)C)CC2)cc1. The number of amides is 2. The number of likely N-dealkylation sites (tertiary alicyclic amines) is 1. The van der Waals surface area contributed by atoms with Gasteiger partial charge in [-0.25, -0.2) is 4.79 Å². The monoisotopic (exact) mass is 359 g/mol. The molecular formula is C22H37N3O. The summed E-state index contributed by atoms with van der Waals surface area (Å²) in [5.74, 6) is 0.602. The summed E-state index contributed by atoms with van der Waals surface area (Å²) in [6, 6.07) is 9.20. The lowest BCUT2D eigenvalue weighted by atomic mass is 10.0. The van der Waals surface area contributed by atoms with Crippen LogP contribution in [0.5, 0.6) is 0 Å². The van der Waals surface area contributed by atoms with Gasteiger partial charge >= 0.3 is 6.03 Å². The summed E-state index contributed by atoms with van der Waals surface area (Å²) in [6.45, 7) is 14.1. The quantitative estimate of drug-likeness (QED) is 0.743. The molecular weight excluding hydrogens is 322 g/mol. The molecule has 1 aliphatic rings. The molecule has 0 unspecified atom stereocenters. The third-order valence-corrected chi connectivity index (χ3v) is 5.49. The van der Waals surface area contributed by atoms with Crippen LogP contribution in [0.3, 0.4) is 0 Å². The number of hydrogen-bond donors (Lipinski definition) is 1. The van der Waals surface area contributed by atoms with Crippen LogP contribution in [0.4, 0.5) is 10.5 Å². The van der Waals surface area contributed by atoms with E-state index in [-0.39, 0.29) is 6.03 Å². The van der Waals surface area contributed by atoms with Crippen LogP contribution in [0.2, 0.25) is 0 Å². The first-order chi connectivity index (χ1) is 12.4. The molecule has 0 aliphatic carbocycles. The molecule has 0 bridgehead atoms. The third-order valence-electron chi connectivity index (χ3n) is 5.49. The Balaban J connectivity index is 2.01. The average Bonchev–Trinajstić information content (AvgIpc) is 2.62. The summed E-state index contributed by atoms with van der Waals surface area (Å²) in [5.41, 5.74) is 2.18. The molecule has 1 N–H and O–H groups in total. The van der Waals surface area contributed by atoms with E-state index in [0.29, 0.717) is 18.0 Å². The van der Waals surface area contributed by atoms with Crippen molar-refractivity contribution in [3.8, 4) is 0 Å². The van der Waals surface area contributed by atoms with Crippen molar-refractivity contribution in [2.75, 3.05) is 25.0 Å². The smallest absolute Gasteiger partial charge is 0.321 e. The lowest BCUT2D eigenvalue weighted by Gasteiger charge is -2.40. The van der Waals surface area contributed by atoms with Crippen molar-refractivity contribution in [1.29, 1.82) is 0 Å². The highest BCUT2D eigenvalue weighted by Gasteiger charge is 2.28. The molecule has 1 heterocycles. The van der Waals surface area contributed by atoms with Crippen molar-refractivity contribution >= 4 is 11.7 Å². The zero-order valence-electron chi connectivity index (χ0n) is 17.3. The first-order valence-corrected chi connectivity index (χ1v) is 10.3. The van der Waals surface area contributed by atoms with Gasteiger partial charge in [-0.1, -0.05) is 32.9 Å². The Morgan fingerprint density at radius 2 is 1.77 bits per heavy atom. The van der Waals surface area contributed by atoms with E-state index in [4.69, 9.17) is 0 Å².